The van der Waals surface area contributed by atoms with E-state index in [1.165, 1.54) is 10.7 Å². The van der Waals surface area contributed by atoms with Crippen molar-refractivity contribution in [3.63, 3.8) is 0 Å². The minimum Gasteiger partial charge on any atom is -0.340 e. The molecule has 3 heterocycles. The van der Waals surface area contributed by atoms with Gasteiger partial charge < -0.3 is 10.7 Å². The van der Waals surface area contributed by atoms with Gasteiger partial charge in [-0.3, -0.25) is 4.79 Å². The van der Waals surface area contributed by atoms with Crippen LogP contribution in [0.1, 0.15) is 44.6 Å². The highest BCUT2D eigenvalue weighted by Crippen LogP contribution is 2.39. The zero-order valence-corrected chi connectivity index (χ0v) is 14.0. The van der Waals surface area contributed by atoms with Crippen LogP contribution in [0.5, 0.6) is 0 Å². The Morgan fingerprint density at radius 2 is 2.00 bits per heavy atom. The quantitative estimate of drug-likeness (QED) is 0.814. The van der Waals surface area contributed by atoms with E-state index < -0.39 is 11.2 Å². The summed E-state index contributed by atoms with van der Waals surface area (Å²) in [6, 6.07) is 0. The van der Waals surface area contributed by atoms with Crippen molar-refractivity contribution in [3.05, 3.63) is 32.7 Å². The SMILES string of the molecule is CC(C)C1CCN(c2ncn3c(=O)n(N)c(=O)c(C4CC4)c3n2)C1. The normalized spacial score (nSPS) is 21.1. The topological polar surface area (TPSA) is 98.5 Å². The van der Waals surface area contributed by atoms with E-state index in [9.17, 15) is 9.59 Å². The molecule has 1 saturated heterocycles. The molecule has 0 aromatic carbocycles. The van der Waals surface area contributed by atoms with E-state index >= 15 is 0 Å². The summed E-state index contributed by atoms with van der Waals surface area (Å²) < 4.78 is 1.95. The fourth-order valence-electron chi connectivity index (χ4n) is 3.49. The van der Waals surface area contributed by atoms with E-state index in [0.717, 1.165) is 32.4 Å². The number of fused-ring (bicyclic) bond motifs is 1. The summed E-state index contributed by atoms with van der Waals surface area (Å²) in [5.41, 5.74) is -0.0892. The molecule has 1 aliphatic heterocycles. The van der Waals surface area contributed by atoms with Crippen molar-refractivity contribution >= 4 is 11.6 Å². The molecule has 8 nitrogen and oxygen atoms in total. The third kappa shape index (κ3) is 2.28. The summed E-state index contributed by atoms with van der Waals surface area (Å²) in [4.78, 5) is 35.7. The molecule has 1 aliphatic carbocycles. The van der Waals surface area contributed by atoms with Crippen LogP contribution < -0.4 is 22.0 Å². The van der Waals surface area contributed by atoms with Crippen molar-refractivity contribution in [3.8, 4) is 0 Å². The molecule has 1 atom stereocenters. The smallest absolute Gasteiger partial charge is 0.340 e. The Kier molecular flexibility index (Phi) is 3.36. The van der Waals surface area contributed by atoms with Crippen molar-refractivity contribution < 1.29 is 0 Å². The Morgan fingerprint density at radius 3 is 2.62 bits per heavy atom. The summed E-state index contributed by atoms with van der Waals surface area (Å²) in [5, 5.41) is 0. The second-order valence-corrected chi connectivity index (χ2v) is 7.23. The van der Waals surface area contributed by atoms with Gasteiger partial charge in [-0.05, 0) is 37.0 Å². The maximum absolute atomic E-state index is 12.4. The number of nitrogens with two attached hydrogens (primary N) is 1. The van der Waals surface area contributed by atoms with E-state index in [1.807, 2.05) is 0 Å². The first-order valence-corrected chi connectivity index (χ1v) is 8.51. The molecule has 24 heavy (non-hydrogen) atoms. The Labute approximate surface area is 138 Å². The Balaban J connectivity index is 1.84. The molecule has 1 saturated carbocycles. The number of hydrogen-bond acceptors (Lipinski definition) is 6. The van der Waals surface area contributed by atoms with E-state index in [2.05, 4.69) is 28.7 Å². The zero-order valence-electron chi connectivity index (χ0n) is 14.0. The zero-order chi connectivity index (χ0) is 17.0. The van der Waals surface area contributed by atoms with Crippen LogP contribution in [-0.4, -0.2) is 32.1 Å². The van der Waals surface area contributed by atoms with Gasteiger partial charge in [-0.1, -0.05) is 13.8 Å². The van der Waals surface area contributed by atoms with Gasteiger partial charge in [-0.15, -0.1) is 0 Å². The average molecular weight is 330 g/mol. The second-order valence-electron chi connectivity index (χ2n) is 7.23. The van der Waals surface area contributed by atoms with E-state index in [0.29, 0.717) is 33.7 Å². The first-order chi connectivity index (χ1) is 11.5. The van der Waals surface area contributed by atoms with Gasteiger partial charge in [0.2, 0.25) is 5.95 Å². The highest BCUT2D eigenvalue weighted by Gasteiger charge is 2.32. The number of anilines is 1. The van der Waals surface area contributed by atoms with Crippen LogP contribution in [0.2, 0.25) is 0 Å². The first-order valence-electron chi connectivity index (χ1n) is 8.51. The van der Waals surface area contributed by atoms with Crippen LogP contribution in [0.3, 0.4) is 0 Å². The molecule has 2 aromatic heterocycles. The molecule has 2 N–H and O–H groups in total. The Morgan fingerprint density at radius 1 is 1.25 bits per heavy atom. The highest BCUT2D eigenvalue weighted by atomic mass is 16.2. The summed E-state index contributed by atoms with van der Waals surface area (Å²) in [6.07, 6.45) is 4.42. The van der Waals surface area contributed by atoms with Gasteiger partial charge in [0.25, 0.3) is 5.56 Å². The fourth-order valence-corrected chi connectivity index (χ4v) is 3.49. The number of nitrogens with zero attached hydrogens (tertiary/aromatic N) is 5. The summed E-state index contributed by atoms with van der Waals surface area (Å²) in [6.45, 7) is 6.26. The van der Waals surface area contributed by atoms with Gasteiger partial charge in [0.15, 0.2) is 5.65 Å². The van der Waals surface area contributed by atoms with Gasteiger partial charge in [-0.25, -0.2) is 14.2 Å². The lowest BCUT2D eigenvalue weighted by atomic mass is 9.95. The molecule has 128 valence electrons. The largest absolute Gasteiger partial charge is 0.356 e. The molecule has 0 amide bonds. The van der Waals surface area contributed by atoms with Crippen molar-refractivity contribution in [1.82, 2.24) is 19.0 Å². The predicted molar refractivity (Wildman–Crippen MR) is 90.8 cm³/mol. The van der Waals surface area contributed by atoms with Gasteiger partial charge in [0.05, 0.1) is 5.56 Å². The second kappa shape index (κ2) is 5.32. The standard InChI is InChI=1S/C16H22N6O2/c1-9(2)11-5-6-20(7-11)15-18-8-21-13(19-15)12(10-3-4-10)14(23)22(17)16(21)24/h8-11H,3-7,17H2,1-2H3. The van der Waals surface area contributed by atoms with Gasteiger partial charge in [0, 0.05) is 13.1 Å². The van der Waals surface area contributed by atoms with Crippen molar-refractivity contribution in [2.45, 2.75) is 39.0 Å². The molecular weight excluding hydrogens is 308 g/mol. The van der Waals surface area contributed by atoms with Crippen LogP contribution in [0.25, 0.3) is 5.65 Å². The van der Waals surface area contributed by atoms with Crippen molar-refractivity contribution in [2.75, 3.05) is 23.8 Å². The van der Waals surface area contributed by atoms with Gasteiger partial charge in [0.1, 0.15) is 6.33 Å². The highest BCUT2D eigenvalue weighted by molar-refractivity contribution is 5.52. The molecule has 1 unspecified atom stereocenters. The summed E-state index contributed by atoms with van der Waals surface area (Å²) in [7, 11) is 0. The average Bonchev–Trinajstić information content (AvgIpc) is 3.26. The maximum Gasteiger partial charge on any atom is 0.356 e. The third-order valence-corrected chi connectivity index (χ3v) is 5.26. The number of rotatable bonds is 3. The molecule has 2 aliphatic rings. The molecule has 2 fully saturated rings. The fraction of sp³-hybridized carbons (Fsp3) is 0.625. The third-order valence-electron chi connectivity index (χ3n) is 5.26. The maximum atomic E-state index is 12.4. The molecule has 8 heteroatoms. The Hall–Kier alpha value is -2.38. The minimum absolute atomic E-state index is 0.146. The van der Waals surface area contributed by atoms with Gasteiger partial charge >= 0.3 is 5.69 Å². The summed E-state index contributed by atoms with van der Waals surface area (Å²) >= 11 is 0. The van der Waals surface area contributed by atoms with E-state index in [4.69, 9.17) is 5.84 Å². The molecular formula is C16H22N6O2. The lowest BCUT2D eigenvalue weighted by Crippen LogP contribution is -2.44. The van der Waals surface area contributed by atoms with Crippen molar-refractivity contribution in [1.29, 1.82) is 0 Å². The lowest BCUT2D eigenvalue weighted by molar-refractivity contribution is 0.422. The van der Waals surface area contributed by atoms with Crippen molar-refractivity contribution in [2.24, 2.45) is 11.8 Å². The van der Waals surface area contributed by atoms with Crippen LogP contribution >= 0.6 is 0 Å². The van der Waals surface area contributed by atoms with E-state index in [1.54, 1.807) is 0 Å². The van der Waals surface area contributed by atoms with E-state index in [-0.39, 0.29) is 5.92 Å². The molecule has 0 spiro atoms. The number of aromatic nitrogens is 4. The molecule has 4 rings (SSSR count). The first kappa shape index (κ1) is 15.2. The molecule has 0 radical (unpaired) electrons. The monoisotopic (exact) mass is 330 g/mol. The Bertz CT molecular complexity index is 911. The lowest BCUT2D eigenvalue weighted by Gasteiger charge is -2.18. The minimum atomic E-state index is -0.604. The van der Waals surface area contributed by atoms with Crippen LogP contribution in [0.15, 0.2) is 15.9 Å². The van der Waals surface area contributed by atoms with Crippen LogP contribution in [0, 0.1) is 11.8 Å². The van der Waals surface area contributed by atoms with Crippen LogP contribution in [0.4, 0.5) is 5.95 Å². The predicted octanol–water partition coefficient (Wildman–Crippen LogP) is 0.325. The number of hydrogen-bond donors (Lipinski definition) is 1. The van der Waals surface area contributed by atoms with Gasteiger partial charge in [-0.2, -0.15) is 9.66 Å². The van der Waals surface area contributed by atoms with Crippen LogP contribution in [-0.2, 0) is 0 Å². The number of nitrogen functional groups attached to an aromatic ring is 1. The molecule has 2 aromatic rings. The summed E-state index contributed by atoms with van der Waals surface area (Å²) in [5.74, 6) is 7.60. The molecule has 0 bridgehead atoms.